The molecule has 1 aliphatic rings. The summed E-state index contributed by atoms with van der Waals surface area (Å²) in [4.78, 5) is 4.69. The quantitative estimate of drug-likeness (QED) is 0.924. The summed E-state index contributed by atoms with van der Waals surface area (Å²) >= 11 is 0. The molecule has 2 N–H and O–H groups in total. The second-order valence-corrected chi connectivity index (χ2v) is 5.18. The van der Waals surface area contributed by atoms with Crippen molar-refractivity contribution in [1.82, 2.24) is 4.98 Å². The van der Waals surface area contributed by atoms with Crippen LogP contribution in [0.2, 0.25) is 0 Å². The molecule has 3 nitrogen and oxygen atoms in total. The molecule has 0 saturated heterocycles. The number of fused-ring (bicyclic) bond motifs is 1. The minimum absolute atomic E-state index is 0.462. The summed E-state index contributed by atoms with van der Waals surface area (Å²) < 4.78 is 6.06. The average Bonchev–Trinajstić information content (AvgIpc) is 2.94. The molecule has 1 aliphatic carbocycles. The van der Waals surface area contributed by atoms with E-state index in [9.17, 15) is 0 Å². The van der Waals surface area contributed by atoms with Crippen molar-refractivity contribution in [2.24, 2.45) is 5.73 Å². The number of nitrogens with zero attached hydrogens (tertiary/aromatic N) is 1. The lowest BCUT2D eigenvalue weighted by Crippen LogP contribution is -2.04. The van der Waals surface area contributed by atoms with E-state index in [-0.39, 0.29) is 0 Å². The van der Waals surface area contributed by atoms with Gasteiger partial charge >= 0.3 is 0 Å². The van der Waals surface area contributed by atoms with Crippen LogP contribution < -0.4 is 10.5 Å². The smallest absolute Gasteiger partial charge is 0.223 e. The number of aromatic nitrogens is 1. The third kappa shape index (κ3) is 2.41. The highest BCUT2D eigenvalue weighted by Gasteiger charge is 2.17. The maximum absolute atomic E-state index is 6.06. The molecule has 0 atom stereocenters. The predicted octanol–water partition coefficient (Wildman–Crippen LogP) is 3.38. The SMILES string of the molecule is CCc1ccccc1Oc1nc2c(cc1CN)CCC2. The van der Waals surface area contributed by atoms with Gasteiger partial charge in [-0.1, -0.05) is 25.1 Å². The first-order valence-corrected chi connectivity index (χ1v) is 7.29. The Morgan fingerprint density at radius 2 is 2.05 bits per heavy atom. The van der Waals surface area contributed by atoms with Gasteiger partial charge in [0.1, 0.15) is 5.75 Å². The monoisotopic (exact) mass is 268 g/mol. The first-order valence-electron chi connectivity index (χ1n) is 7.29. The zero-order valence-corrected chi connectivity index (χ0v) is 11.9. The third-order valence-corrected chi connectivity index (χ3v) is 3.87. The fourth-order valence-corrected chi connectivity index (χ4v) is 2.73. The standard InChI is InChI=1S/C17H20N2O/c1-2-12-6-3-4-9-16(12)20-17-14(11-18)10-13-7-5-8-15(13)19-17/h3-4,6,9-10H,2,5,7-8,11,18H2,1H3. The van der Waals surface area contributed by atoms with Gasteiger partial charge in [-0.25, -0.2) is 4.98 Å². The summed E-state index contributed by atoms with van der Waals surface area (Å²) in [5.74, 6) is 1.56. The number of pyridine rings is 1. The van der Waals surface area contributed by atoms with E-state index in [1.807, 2.05) is 18.2 Å². The zero-order valence-electron chi connectivity index (χ0n) is 11.9. The van der Waals surface area contributed by atoms with Crippen LogP contribution in [-0.2, 0) is 25.8 Å². The maximum Gasteiger partial charge on any atom is 0.223 e. The molecule has 2 aromatic rings. The van der Waals surface area contributed by atoms with Gasteiger partial charge < -0.3 is 10.5 Å². The Morgan fingerprint density at radius 1 is 1.20 bits per heavy atom. The Hall–Kier alpha value is -1.87. The highest BCUT2D eigenvalue weighted by Crippen LogP contribution is 2.31. The van der Waals surface area contributed by atoms with Crippen molar-refractivity contribution >= 4 is 0 Å². The summed E-state index contributed by atoms with van der Waals surface area (Å²) in [5.41, 5.74) is 10.5. The molecule has 0 saturated carbocycles. The maximum atomic E-state index is 6.06. The van der Waals surface area contributed by atoms with E-state index >= 15 is 0 Å². The second kappa shape index (κ2) is 5.63. The number of rotatable bonds is 4. The number of ether oxygens (including phenoxy) is 1. The van der Waals surface area contributed by atoms with E-state index in [4.69, 9.17) is 15.5 Å². The Kier molecular flexibility index (Phi) is 3.70. The van der Waals surface area contributed by atoms with Crippen LogP contribution in [0.25, 0.3) is 0 Å². The Morgan fingerprint density at radius 3 is 2.85 bits per heavy atom. The van der Waals surface area contributed by atoms with Gasteiger partial charge in [-0.2, -0.15) is 0 Å². The first kappa shape index (κ1) is 13.1. The van der Waals surface area contributed by atoms with E-state index < -0.39 is 0 Å². The van der Waals surface area contributed by atoms with Crippen molar-refractivity contribution in [3.63, 3.8) is 0 Å². The Labute approximate surface area is 119 Å². The molecule has 0 fully saturated rings. The average molecular weight is 268 g/mol. The van der Waals surface area contributed by atoms with Crippen molar-refractivity contribution in [2.45, 2.75) is 39.2 Å². The molecular weight excluding hydrogens is 248 g/mol. The molecule has 0 amide bonds. The van der Waals surface area contributed by atoms with Gasteiger partial charge in [-0.3, -0.25) is 0 Å². The highest BCUT2D eigenvalue weighted by molar-refractivity contribution is 5.41. The fraction of sp³-hybridized carbons (Fsp3) is 0.353. The molecule has 20 heavy (non-hydrogen) atoms. The normalized spacial score (nSPS) is 13.3. The summed E-state index contributed by atoms with van der Waals surface area (Å²) in [5, 5.41) is 0. The molecule has 1 heterocycles. The van der Waals surface area contributed by atoms with E-state index in [1.165, 1.54) is 23.2 Å². The van der Waals surface area contributed by atoms with Crippen LogP contribution in [0.5, 0.6) is 11.6 Å². The van der Waals surface area contributed by atoms with Crippen molar-refractivity contribution in [3.05, 3.63) is 52.7 Å². The van der Waals surface area contributed by atoms with Gasteiger partial charge in [0, 0.05) is 17.8 Å². The number of hydrogen-bond donors (Lipinski definition) is 1. The van der Waals surface area contributed by atoms with Crippen LogP contribution in [0.4, 0.5) is 0 Å². The van der Waals surface area contributed by atoms with Gasteiger partial charge in [0.05, 0.1) is 0 Å². The topological polar surface area (TPSA) is 48.1 Å². The second-order valence-electron chi connectivity index (χ2n) is 5.18. The van der Waals surface area contributed by atoms with Crippen molar-refractivity contribution in [2.75, 3.05) is 0 Å². The number of aryl methyl sites for hydroxylation is 3. The lowest BCUT2D eigenvalue weighted by molar-refractivity contribution is 0.449. The number of hydrogen-bond acceptors (Lipinski definition) is 3. The van der Waals surface area contributed by atoms with Crippen LogP contribution in [0.3, 0.4) is 0 Å². The molecule has 3 heteroatoms. The fourth-order valence-electron chi connectivity index (χ4n) is 2.73. The van der Waals surface area contributed by atoms with Gasteiger partial charge in [-0.05, 0) is 48.9 Å². The lowest BCUT2D eigenvalue weighted by Gasteiger charge is -2.13. The van der Waals surface area contributed by atoms with E-state index in [0.29, 0.717) is 12.4 Å². The van der Waals surface area contributed by atoms with Crippen LogP contribution in [-0.4, -0.2) is 4.98 Å². The molecule has 0 unspecified atom stereocenters. The van der Waals surface area contributed by atoms with Crippen LogP contribution >= 0.6 is 0 Å². The molecule has 0 spiro atoms. The summed E-state index contributed by atoms with van der Waals surface area (Å²) in [7, 11) is 0. The van der Waals surface area contributed by atoms with Gasteiger partial charge in [0.15, 0.2) is 0 Å². The lowest BCUT2D eigenvalue weighted by atomic mass is 10.1. The third-order valence-electron chi connectivity index (χ3n) is 3.87. The minimum atomic E-state index is 0.462. The predicted molar refractivity (Wildman–Crippen MR) is 80.0 cm³/mol. The van der Waals surface area contributed by atoms with Crippen LogP contribution in [0.1, 0.15) is 35.7 Å². The zero-order chi connectivity index (χ0) is 13.9. The van der Waals surface area contributed by atoms with Crippen LogP contribution in [0, 0.1) is 0 Å². The minimum Gasteiger partial charge on any atom is -0.438 e. The van der Waals surface area contributed by atoms with Crippen molar-refractivity contribution in [1.29, 1.82) is 0 Å². The first-order chi connectivity index (χ1) is 9.81. The summed E-state index contributed by atoms with van der Waals surface area (Å²) in [6.45, 7) is 2.59. The van der Waals surface area contributed by atoms with Gasteiger partial charge in [0.25, 0.3) is 0 Å². The number of nitrogens with two attached hydrogens (primary N) is 1. The van der Waals surface area contributed by atoms with E-state index in [2.05, 4.69) is 19.1 Å². The molecular formula is C17H20N2O. The Balaban J connectivity index is 1.98. The van der Waals surface area contributed by atoms with E-state index in [0.717, 1.165) is 30.6 Å². The molecule has 0 bridgehead atoms. The summed E-state index contributed by atoms with van der Waals surface area (Å²) in [6.07, 6.45) is 4.29. The van der Waals surface area contributed by atoms with E-state index in [1.54, 1.807) is 0 Å². The number of benzene rings is 1. The summed E-state index contributed by atoms with van der Waals surface area (Å²) in [6, 6.07) is 10.3. The van der Waals surface area contributed by atoms with Crippen molar-refractivity contribution < 1.29 is 4.74 Å². The molecule has 1 aromatic heterocycles. The van der Waals surface area contributed by atoms with Gasteiger partial charge in [-0.15, -0.1) is 0 Å². The van der Waals surface area contributed by atoms with Gasteiger partial charge in [0.2, 0.25) is 5.88 Å². The molecule has 1 aromatic carbocycles. The highest BCUT2D eigenvalue weighted by atomic mass is 16.5. The molecule has 0 aliphatic heterocycles. The largest absolute Gasteiger partial charge is 0.438 e. The molecule has 104 valence electrons. The van der Waals surface area contributed by atoms with Crippen LogP contribution in [0.15, 0.2) is 30.3 Å². The number of para-hydroxylation sites is 1. The molecule has 0 radical (unpaired) electrons. The van der Waals surface area contributed by atoms with Crippen molar-refractivity contribution in [3.8, 4) is 11.6 Å². The Bertz CT molecular complexity index is 622. The molecule has 3 rings (SSSR count).